The van der Waals surface area contributed by atoms with E-state index in [1.807, 2.05) is 19.9 Å². The number of aromatic nitrogens is 1. The molecule has 6 heteroatoms. The molecule has 0 spiro atoms. The summed E-state index contributed by atoms with van der Waals surface area (Å²) in [6.45, 7) is 4.41. The van der Waals surface area contributed by atoms with Crippen LogP contribution in [-0.4, -0.2) is 18.6 Å². The second-order valence-corrected chi connectivity index (χ2v) is 4.45. The Morgan fingerprint density at radius 1 is 1.39 bits per heavy atom. The molecule has 0 amide bonds. The normalized spacial score (nSPS) is 11.4. The Morgan fingerprint density at radius 3 is 2.44 bits per heavy atom. The van der Waals surface area contributed by atoms with Crippen molar-refractivity contribution in [1.82, 2.24) is 4.98 Å². The predicted octanol–water partition coefficient (Wildman–Crippen LogP) is 3.06. The Labute approximate surface area is 104 Å². The summed E-state index contributed by atoms with van der Waals surface area (Å²) in [5.74, 6) is 0.332. The van der Waals surface area contributed by atoms with E-state index < -0.39 is 11.9 Å². The first-order valence-corrected chi connectivity index (χ1v) is 5.45. The van der Waals surface area contributed by atoms with Crippen LogP contribution < -0.4 is 4.90 Å². The summed E-state index contributed by atoms with van der Waals surface area (Å²) in [6, 6.07) is 3.84. The zero-order chi connectivity index (χ0) is 13.9. The van der Waals surface area contributed by atoms with E-state index in [9.17, 15) is 13.2 Å². The first kappa shape index (κ1) is 14.3. The highest BCUT2D eigenvalue weighted by molar-refractivity contribution is 5.54. The third-order valence-corrected chi connectivity index (χ3v) is 2.29. The van der Waals surface area contributed by atoms with E-state index in [2.05, 4.69) is 4.98 Å². The van der Waals surface area contributed by atoms with Gasteiger partial charge < -0.3 is 4.90 Å². The SMILES string of the molecule is CC(C)CN(C)c1nc(C(F)(F)F)ccc1C#N. The number of nitrogens with zero attached hydrogens (tertiary/aromatic N) is 3. The molecule has 1 heterocycles. The number of pyridine rings is 1. The summed E-state index contributed by atoms with van der Waals surface area (Å²) in [4.78, 5) is 5.11. The highest BCUT2D eigenvalue weighted by Crippen LogP contribution is 2.30. The van der Waals surface area contributed by atoms with Crippen LogP contribution in [0.4, 0.5) is 19.0 Å². The molecule has 0 atom stereocenters. The lowest BCUT2D eigenvalue weighted by Gasteiger charge is -2.22. The lowest BCUT2D eigenvalue weighted by molar-refractivity contribution is -0.141. The number of hydrogen-bond acceptors (Lipinski definition) is 3. The molecule has 1 rings (SSSR count). The van der Waals surface area contributed by atoms with Gasteiger partial charge in [-0.25, -0.2) is 4.98 Å². The van der Waals surface area contributed by atoms with Crippen molar-refractivity contribution in [1.29, 1.82) is 5.26 Å². The van der Waals surface area contributed by atoms with E-state index >= 15 is 0 Å². The molecule has 0 bridgehead atoms. The van der Waals surface area contributed by atoms with Gasteiger partial charge in [-0.1, -0.05) is 13.8 Å². The Hall–Kier alpha value is -1.77. The molecule has 0 aliphatic heterocycles. The molecule has 0 aliphatic rings. The predicted molar refractivity (Wildman–Crippen MR) is 62.1 cm³/mol. The van der Waals surface area contributed by atoms with Crippen molar-refractivity contribution in [2.75, 3.05) is 18.5 Å². The largest absolute Gasteiger partial charge is 0.433 e. The average Bonchev–Trinajstić information content (AvgIpc) is 2.26. The van der Waals surface area contributed by atoms with Gasteiger partial charge >= 0.3 is 6.18 Å². The van der Waals surface area contributed by atoms with Crippen LogP contribution in [-0.2, 0) is 6.18 Å². The fourth-order valence-corrected chi connectivity index (χ4v) is 1.62. The first-order valence-electron chi connectivity index (χ1n) is 5.45. The highest BCUT2D eigenvalue weighted by atomic mass is 19.4. The Bertz CT molecular complexity index is 461. The van der Waals surface area contributed by atoms with Crippen molar-refractivity contribution < 1.29 is 13.2 Å². The lowest BCUT2D eigenvalue weighted by Crippen LogP contribution is -2.25. The number of hydrogen-bond donors (Lipinski definition) is 0. The second-order valence-electron chi connectivity index (χ2n) is 4.45. The summed E-state index contributed by atoms with van der Waals surface area (Å²) in [7, 11) is 1.63. The molecule has 0 fully saturated rings. The molecular formula is C12H14F3N3. The van der Waals surface area contributed by atoms with Crippen molar-refractivity contribution in [2.45, 2.75) is 20.0 Å². The Balaban J connectivity index is 3.19. The van der Waals surface area contributed by atoms with Gasteiger partial charge in [-0.2, -0.15) is 18.4 Å². The van der Waals surface area contributed by atoms with E-state index in [0.29, 0.717) is 6.54 Å². The van der Waals surface area contributed by atoms with Gasteiger partial charge in [-0.05, 0) is 18.1 Å². The molecule has 0 aliphatic carbocycles. The van der Waals surface area contributed by atoms with Crippen LogP contribution in [0, 0.1) is 17.2 Å². The molecule has 0 saturated heterocycles. The van der Waals surface area contributed by atoms with Crippen molar-refractivity contribution in [3.8, 4) is 6.07 Å². The second kappa shape index (κ2) is 5.25. The first-order chi connectivity index (χ1) is 8.25. The minimum Gasteiger partial charge on any atom is -0.358 e. The number of anilines is 1. The zero-order valence-electron chi connectivity index (χ0n) is 10.4. The standard InChI is InChI=1S/C12H14F3N3/c1-8(2)7-18(3)11-9(6-16)4-5-10(17-11)12(13,14)15/h4-5,8H,7H2,1-3H3. The number of nitriles is 1. The van der Waals surface area contributed by atoms with Crippen molar-refractivity contribution >= 4 is 5.82 Å². The summed E-state index contributed by atoms with van der Waals surface area (Å²) < 4.78 is 37.7. The van der Waals surface area contributed by atoms with Crippen LogP contribution in [0.2, 0.25) is 0 Å². The van der Waals surface area contributed by atoms with Gasteiger partial charge in [0.2, 0.25) is 0 Å². The van der Waals surface area contributed by atoms with E-state index in [0.717, 1.165) is 12.1 Å². The smallest absolute Gasteiger partial charge is 0.358 e. The molecule has 0 radical (unpaired) electrons. The van der Waals surface area contributed by atoms with Gasteiger partial charge in [0.25, 0.3) is 0 Å². The molecule has 0 unspecified atom stereocenters. The van der Waals surface area contributed by atoms with Gasteiger partial charge in [0.05, 0.1) is 5.56 Å². The topological polar surface area (TPSA) is 39.9 Å². The zero-order valence-corrected chi connectivity index (χ0v) is 10.4. The van der Waals surface area contributed by atoms with Crippen LogP contribution in [0.15, 0.2) is 12.1 Å². The third kappa shape index (κ3) is 3.36. The number of rotatable bonds is 3. The van der Waals surface area contributed by atoms with E-state index in [1.54, 1.807) is 11.9 Å². The lowest BCUT2D eigenvalue weighted by atomic mass is 10.2. The summed E-state index contributed by atoms with van der Waals surface area (Å²) >= 11 is 0. The van der Waals surface area contributed by atoms with E-state index in [-0.39, 0.29) is 17.3 Å². The molecule has 3 nitrogen and oxygen atoms in total. The molecule has 1 aromatic heterocycles. The van der Waals surface area contributed by atoms with Crippen LogP contribution in [0.5, 0.6) is 0 Å². The van der Waals surface area contributed by atoms with Crippen molar-refractivity contribution in [3.63, 3.8) is 0 Å². The van der Waals surface area contributed by atoms with Gasteiger partial charge in [-0.3, -0.25) is 0 Å². The summed E-state index contributed by atoms with van der Waals surface area (Å²) in [6.07, 6.45) is -4.50. The Morgan fingerprint density at radius 2 is 2.00 bits per heavy atom. The highest BCUT2D eigenvalue weighted by Gasteiger charge is 2.33. The third-order valence-electron chi connectivity index (χ3n) is 2.29. The minimum atomic E-state index is -4.50. The van der Waals surface area contributed by atoms with Crippen LogP contribution in [0.25, 0.3) is 0 Å². The monoisotopic (exact) mass is 257 g/mol. The van der Waals surface area contributed by atoms with E-state index in [4.69, 9.17) is 5.26 Å². The quantitative estimate of drug-likeness (QED) is 0.835. The van der Waals surface area contributed by atoms with Gasteiger partial charge in [-0.15, -0.1) is 0 Å². The fraction of sp³-hybridized carbons (Fsp3) is 0.500. The van der Waals surface area contributed by atoms with Crippen molar-refractivity contribution in [3.05, 3.63) is 23.4 Å². The maximum Gasteiger partial charge on any atom is 0.433 e. The fourth-order valence-electron chi connectivity index (χ4n) is 1.62. The van der Waals surface area contributed by atoms with Crippen LogP contribution >= 0.6 is 0 Å². The molecule has 18 heavy (non-hydrogen) atoms. The van der Waals surface area contributed by atoms with Crippen molar-refractivity contribution in [2.24, 2.45) is 5.92 Å². The Kier molecular flexibility index (Phi) is 4.17. The molecule has 1 aromatic rings. The number of alkyl halides is 3. The molecule has 98 valence electrons. The molecular weight excluding hydrogens is 243 g/mol. The maximum atomic E-state index is 12.6. The van der Waals surface area contributed by atoms with E-state index in [1.165, 1.54) is 0 Å². The molecule has 0 aromatic carbocycles. The average molecular weight is 257 g/mol. The van der Waals surface area contributed by atoms with Crippen LogP contribution in [0.3, 0.4) is 0 Å². The van der Waals surface area contributed by atoms with Crippen LogP contribution in [0.1, 0.15) is 25.1 Å². The summed E-state index contributed by atoms with van der Waals surface area (Å²) in [5.41, 5.74) is -0.835. The minimum absolute atomic E-state index is 0.0704. The summed E-state index contributed by atoms with van der Waals surface area (Å²) in [5, 5.41) is 8.90. The van der Waals surface area contributed by atoms with Gasteiger partial charge in [0, 0.05) is 13.6 Å². The number of halogens is 3. The molecule has 0 saturated carbocycles. The van der Waals surface area contributed by atoms with Gasteiger partial charge in [0.1, 0.15) is 17.6 Å². The maximum absolute atomic E-state index is 12.6. The van der Waals surface area contributed by atoms with Gasteiger partial charge in [0.15, 0.2) is 0 Å². The molecule has 0 N–H and O–H groups in total.